The van der Waals surface area contributed by atoms with Crippen LogP contribution in [0.1, 0.15) is 22.1 Å². The molecule has 4 rings (SSSR count). The Balaban J connectivity index is 1.67. The van der Waals surface area contributed by atoms with Crippen LogP contribution in [-0.2, 0) is 0 Å². The van der Waals surface area contributed by atoms with E-state index in [9.17, 15) is 13.6 Å². The molecule has 0 radical (unpaired) electrons. The van der Waals surface area contributed by atoms with Crippen LogP contribution in [0.2, 0.25) is 0 Å². The van der Waals surface area contributed by atoms with Gasteiger partial charge in [0.25, 0.3) is 5.91 Å². The molecule has 0 spiro atoms. The molecule has 0 saturated heterocycles. The number of hydrazine groups is 1. The number of anilines is 2. The lowest BCUT2D eigenvalue weighted by molar-refractivity contribution is 0.0937. The monoisotopic (exact) mass is 357 g/mol. The van der Waals surface area contributed by atoms with Gasteiger partial charge in [-0.05, 0) is 41.8 Å². The highest BCUT2D eigenvalue weighted by molar-refractivity contribution is 7.14. The molecular weight excluding hydrogens is 344 g/mol. The number of amides is 1. The minimum absolute atomic E-state index is 0.206. The van der Waals surface area contributed by atoms with Crippen molar-refractivity contribution in [3.8, 4) is 0 Å². The van der Waals surface area contributed by atoms with Gasteiger partial charge in [-0.3, -0.25) is 15.2 Å². The zero-order valence-corrected chi connectivity index (χ0v) is 13.7. The highest BCUT2D eigenvalue weighted by Gasteiger charge is 2.34. The fourth-order valence-corrected chi connectivity index (χ4v) is 3.58. The lowest BCUT2D eigenvalue weighted by atomic mass is 10.2. The minimum atomic E-state index is -0.603. The van der Waals surface area contributed by atoms with E-state index in [0.717, 1.165) is 10.6 Å². The number of thiophene rings is 1. The van der Waals surface area contributed by atoms with Crippen LogP contribution in [0.5, 0.6) is 0 Å². The standard InChI is InChI=1S/C18H13F2N3OS/c19-12-5-3-4-11(10-12)17(24)21-16-13-8-9-25-18(13)22-23(16)15-7-2-1-6-14(15)20/h1-10,16,22H,(H,21,24). The first-order valence-electron chi connectivity index (χ1n) is 7.58. The Kier molecular flexibility index (Phi) is 3.85. The van der Waals surface area contributed by atoms with Crippen molar-refractivity contribution in [1.82, 2.24) is 5.32 Å². The molecule has 1 aliphatic rings. The van der Waals surface area contributed by atoms with Crippen LogP contribution in [0, 0.1) is 11.6 Å². The average Bonchev–Trinajstić information content (AvgIpc) is 3.18. The normalized spacial score (nSPS) is 15.6. The number of benzene rings is 2. The molecule has 25 heavy (non-hydrogen) atoms. The predicted molar refractivity (Wildman–Crippen MR) is 93.4 cm³/mol. The number of hydrogen-bond acceptors (Lipinski definition) is 4. The molecule has 126 valence electrons. The largest absolute Gasteiger partial charge is 0.326 e. The maximum atomic E-state index is 14.2. The van der Waals surface area contributed by atoms with E-state index in [0.29, 0.717) is 5.69 Å². The summed E-state index contributed by atoms with van der Waals surface area (Å²) in [6.45, 7) is 0. The third-order valence-electron chi connectivity index (χ3n) is 3.94. The van der Waals surface area contributed by atoms with Crippen LogP contribution >= 0.6 is 11.3 Å². The van der Waals surface area contributed by atoms with Crippen molar-refractivity contribution in [2.24, 2.45) is 0 Å². The first kappa shape index (κ1) is 15.6. The van der Waals surface area contributed by atoms with Gasteiger partial charge in [0.2, 0.25) is 0 Å². The number of nitrogens with zero attached hydrogens (tertiary/aromatic N) is 1. The van der Waals surface area contributed by atoms with Crippen molar-refractivity contribution in [2.45, 2.75) is 6.17 Å². The second kappa shape index (κ2) is 6.18. The number of nitrogens with one attached hydrogen (secondary N) is 2. The first-order chi connectivity index (χ1) is 12.1. The van der Waals surface area contributed by atoms with Gasteiger partial charge in [-0.15, -0.1) is 11.3 Å². The second-order valence-electron chi connectivity index (χ2n) is 5.52. The van der Waals surface area contributed by atoms with Crippen LogP contribution in [-0.4, -0.2) is 5.91 Å². The van der Waals surface area contributed by atoms with E-state index in [1.807, 2.05) is 11.4 Å². The van der Waals surface area contributed by atoms with E-state index >= 15 is 0 Å². The average molecular weight is 357 g/mol. The molecule has 7 heteroatoms. The van der Waals surface area contributed by atoms with Crippen molar-refractivity contribution < 1.29 is 13.6 Å². The Hall–Kier alpha value is -2.93. The van der Waals surface area contributed by atoms with Gasteiger partial charge in [0.1, 0.15) is 16.6 Å². The van der Waals surface area contributed by atoms with Gasteiger partial charge in [0.05, 0.1) is 5.69 Å². The predicted octanol–water partition coefficient (Wildman–Crippen LogP) is 4.30. The molecule has 3 aromatic rings. The van der Waals surface area contributed by atoms with Gasteiger partial charge in [-0.25, -0.2) is 8.78 Å². The quantitative estimate of drug-likeness (QED) is 0.734. The molecule has 1 amide bonds. The number of hydrogen-bond donors (Lipinski definition) is 2. The van der Waals surface area contributed by atoms with Gasteiger partial charge in [0, 0.05) is 11.1 Å². The molecule has 1 unspecified atom stereocenters. The maximum Gasteiger partial charge on any atom is 0.253 e. The van der Waals surface area contributed by atoms with Crippen LogP contribution in [0.25, 0.3) is 0 Å². The Labute approximate surface area is 146 Å². The van der Waals surface area contributed by atoms with Crippen LogP contribution in [0.15, 0.2) is 60.0 Å². The summed E-state index contributed by atoms with van der Waals surface area (Å²) in [4.78, 5) is 12.5. The molecule has 0 saturated carbocycles. The zero-order valence-electron chi connectivity index (χ0n) is 12.9. The number of para-hydroxylation sites is 1. The molecule has 4 nitrogen and oxygen atoms in total. The SMILES string of the molecule is O=C(NC1c2ccsc2NN1c1ccccc1F)c1cccc(F)c1. The van der Waals surface area contributed by atoms with Crippen LogP contribution < -0.4 is 15.8 Å². The topological polar surface area (TPSA) is 44.4 Å². The Morgan fingerprint density at radius 1 is 1.12 bits per heavy atom. The lowest BCUT2D eigenvalue weighted by Crippen LogP contribution is -2.40. The molecule has 0 bridgehead atoms. The first-order valence-corrected chi connectivity index (χ1v) is 8.46. The summed E-state index contributed by atoms with van der Waals surface area (Å²) in [5.41, 5.74) is 4.47. The molecule has 1 aliphatic heterocycles. The van der Waals surface area contributed by atoms with Crippen LogP contribution in [0.3, 0.4) is 0 Å². The number of halogens is 2. The fourth-order valence-electron chi connectivity index (χ4n) is 2.76. The van der Waals surface area contributed by atoms with Gasteiger partial charge in [-0.1, -0.05) is 18.2 Å². The maximum absolute atomic E-state index is 14.2. The third kappa shape index (κ3) is 2.83. The molecule has 2 N–H and O–H groups in total. The van der Waals surface area contributed by atoms with Crippen molar-refractivity contribution in [2.75, 3.05) is 10.4 Å². The van der Waals surface area contributed by atoms with Crippen molar-refractivity contribution in [3.05, 3.63) is 82.7 Å². The van der Waals surface area contributed by atoms with Crippen molar-refractivity contribution in [3.63, 3.8) is 0 Å². The van der Waals surface area contributed by atoms with E-state index in [2.05, 4.69) is 10.7 Å². The number of carbonyl (C=O) groups excluding carboxylic acids is 1. The van der Waals surface area contributed by atoms with Crippen molar-refractivity contribution in [1.29, 1.82) is 0 Å². The zero-order chi connectivity index (χ0) is 17.4. The Bertz CT molecular complexity index is 943. The number of fused-ring (bicyclic) bond motifs is 1. The second-order valence-corrected chi connectivity index (χ2v) is 6.44. The van der Waals surface area contributed by atoms with E-state index in [1.165, 1.54) is 41.7 Å². The Morgan fingerprint density at radius 2 is 1.96 bits per heavy atom. The Morgan fingerprint density at radius 3 is 2.76 bits per heavy atom. The van der Waals surface area contributed by atoms with Gasteiger partial charge in [-0.2, -0.15) is 0 Å². The molecule has 2 heterocycles. The summed E-state index contributed by atoms with van der Waals surface area (Å²) >= 11 is 1.46. The van der Waals surface area contributed by atoms with E-state index in [1.54, 1.807) is 23.2 Å². The van der Waals surface area contributed by atoms with E-state index < -0.39 is 23.7 Å². The smallest absolute Gasteiger partial charge is 0.253 e. The summed E-state index contributed by atoms with van der Waals surface area (Å²) < 4.78 is 27.6. The molecule has 1 aromatic heterocycles. The summed E-state index contributed by atoms with van der Waals surface area (Å²) in [5.74, 6) is -1.33. The van der Waals surface area contributed by atoms with Gasteiger partial charge in [0.15, 0.2) is 6.17 Å². The number of carbonyl (C=O) groups is 1. The molecule has 0 fully saturated rings. The van der Waals surface area contributed by atoms with Gasteiger partial charge < -0.3 is 5.32 Å². The molecular formula is C18H13F2N3OS. The highest BCUT2D eigenvalue weighted by atomic mass is 32.1. The minimum Gasteiger partial charge on any atom is -0.326 e. The molecule has 1 atom stereocenters. The summed E-state index contributed by atoms with van der Waals surface area (Å²) in [6, 6.07) is 13.6. The molecule has 2 aromatic carbocycles. The van der Waals surface area contributed by atoms with Crippen molar-refractivity contribution >= 4 is 27.9 Å². The van der Waals surface area contributed by atoms with Crippen LogP contribution in [0.4, 0.5) is 19.5 Å². The van der Waals surface area contributed by atoms with Gasteiger partial charge >= 0.3 is 0 Å². The third-order valence-corrected chi connectivity index (χ3v) is 4.77. The van der Waals surface area contributed by atoms with E-state index in [4.69, 9.17) is 0 Å². The number of rotatable bonds is 3. The highest BCUT2D eigenvalue weighted by Crippen LogP contribution is 2.41. The summed E-state index contributed by atoms with van der Waals surface area (Å²) in [6.07, 6.45) is -0.603. The summed E-state index contributed by atoms with van der Waals surface area (Å²) in [7, 11) is 0. The molecule has 0 aliphatic carbocycles. The fraction of sp³-hybridized carbons (Fsp3) is 0.0556. The lowest BCUT2D eigenvalue weighted by Gasteiger charge is -2.27. The van der Waals surface area contributed by atoms with E-state index in [-0.39, 0.29) is 5.56 Å². The summed E-state index contributed by atoms with van der Waals surface area (Å²) in [5, 5.41) is 7.11.